The molecule has 11 nitrogen and oxygen atoms in total. The van der Waals surface area contributed by atoms with Gasteiger partial charge in [0.15, 0.2) is 0 Å². The number of methoxy groups -OCH3 is 1. The lowest BCUT2D eigenvalue weighted by Crippen LogP contribution is -2.29. The summed E-state index contributed by atoms with van der Waals surface area (Å²) < 4.78 is 9.84. The second-order valence-electron chi connectivity index (χ2n) is 6.66. The van der Waals surface area contributed by atoms with Gasteiger partial charge in [0.2, 0.25) is 23.6 Å². The van der Waals surface area contributed by atoms with Gasteiger partial charge in [-0.25, -0.2) is 0 Å². The van der Waals surface area contributed by atoms with Crippen LogP contribution in [-0.2, 0) is 28.7 Å². The summed E-state index contributed by atoms with van der Waals surface area (Å²) in [6, 6.07) is 0. The largest absolute Gasteiger partial charge is 0.382 e. The first-order chi connectivity index (χ1) is 14.9. The molecule has 0 saturated carbocycles. The minimum Gasteiger partial charge on any atom is -0.382 e. The van der Waals surface area contributed by atoms with Crippen molar-refractivity contribution in [2.24, 2.45) is 0 Å². The van der Waals surface area contributed by atoms with E-state index in [4.69, 9.17) is 9.47 Å². The lowest BCUT2D eigenvalue weighted by Gasteiger charge is -2.08. The van der Waals surface area contributed by atoms with Crippen LogP contribution >= 0.6 is 0 Å². The highest BCUT2D eigenvalue weighted by atomic mass is 16.5. The van der Waals surface area contributed by atoms with Crippen molar-refractivity contribution in [2.75, 3.05) is 74.3 Å². The van der Waals surface area contributed by atoms with Crippen molar-refractivity contribution in [3.63, 3.8) is 0 Å². The summed E-state index contributed by atoms with van der Waals surface area (Å²) in [5, 5.41) is 10.4. The lowest BCUT2D eigenvalue weighted by molar-refractivity contribution is -0.120. The molecule has 0 heterocycles. The molecule has 0 radical (unpaired) electrons. The monoisotopic (exact) mass is 465 g/mol. The maximum Gasteiger partial charge on any atom is 0.216 e. The molecule has 0 aromatic rings. The molecule has 0 aliphatic carbocycles. The maximum atomic E-state index is 10.3. The smallest absolute Gasteiger partial charge is 0.216 e. The van der Waals surface area contributed by atoms with Gasteiger partial charge in [0.25, 0.3) is 0 Å². The number of hydrogen-bond donors (Lipinski definition) is 4. The van der Waals surface area contributed by atoms with Gasteiger partial charge < -0.3 is 35.6 Å². The summed E-state index contributed by atoms with van der Waals surface area (Å²) >= 11 is 0. The lowest BCUT2D eigenvalue weighted by atomic mass is 10.5. The van der Waals surface area contributed by atoms with Gasteiger partial charge in [-0.15, -0.1) is 0 Å². The normalized spacial score (nSPS) is 8.94. The number of ether oxygens (including phenoxy) is 2. The summed E-state index contributed by atoms with van der Waals surface area (Å²) in [6.07, 6.45) is 1.01. The van der Waals surface area contributed by atoms with E-state index in [0.717, 1.165) is 26.1 Å². The van der Waals surface area contributed by atoms with Gasteiger partial charge in [0.1, 0.15) is 0 Å². The first kappa shape index (κ1) is 37.1. The molecule has 0 saturated heterocycles. The number of hydrogen-bond acceptors (Lipinski definition) is 7. The molecule has 32 heavy (non-hydrogen) atoms. The molecule has 11 heteroatoms. The molecule has 192 valence electrons. The predicted octanol–water partition coefficient (Wildman–Crippen LogP) is -0.246. The Morgan fingerprint density at radius 1 is 0.719 bits per heavy atom. The van der Waals surface area contributed by atoms with Crippen molar-refractivity contribution in [2.45, 2.75) is 41.0 Å². The molecule has 0 spiro atoms. The second-order valence-corrected chi connectivity index (χ2v) is 6.66. The highest BCUT2D eigenvalue weighted by molar-refractivity contribution is 5.73. The van der Waals surface area contributed by atoms with Crippen molar-refractivity contribution < 1.29 is 28.7 Å². The minimum absolute atomic E-state index is 0.00463. The molecule has 0 aromatic heterocycles. The molecule has 0 fully saturated rings. The van der Waals surface area contributed by atoms with Crippen molar-refractivity contribution in [1.82, 2.24) is 26.2 Å². The van der Waals surface area contributed by atoms with E-state index in [1.807, 2.05) is 25.9 Å². The summed E-state index contributed by atoms with van der Waals surface area (Å²) in [5.41, 5.74) is 0. The number of rotatable bonds is 11. The van der Waals surface area contributed by atoms with Crippen LogP contribution in [0.3, 0.4) is 0 Å². The predicted molar refractivity (Wildman–Crippen MR) is 127 cm³/mol. The SMILES string of the molecule is CC(=O)NCCN(C)C.CCCNC(C)=O.CNC(C)=O.COCCOCCNC(C)=O. The Morgan fingerprint density at radius 2 is 1.16 bits per heavy atom. The molecule has 0 aromatic carbocycles. The quantitative estimate of drug-likeness (QED) is 0.309. The fourth-order valence-electron chi connectivity index (χ4n) is 1.30. The van der Waals surface area contributed by atoms with E-state index in [9.17, 15) is 19.2 Å². The molecule has 0 rings (SSSR count). The summed E-state index contributed by atoms with van der Waals surface area (Å²) in [7, 11) is 7.17. The van der Waals surface area contributed by atoms with Crippen LogP contribution in [0.25, 0.3) is 0 Å². The van der Waals surface area contributed by atoms with E-state index in [2.05, 4.69) is 21.3 Å². The fourth-order valence-corrected chi connectivity index (χ4v) is 1.30. The zero-order chi connectivity index (χ0) is 25.8. The molecule has 4 N–H and O–H groups in total. The molecule has 0 unspecified atom stereocenters. The minimum atomic E-state index is -0.0275. The van der Waals surface area contributed by atoms with E-state index >= 15 is 0 Å². The van der Waals surface area contributed by atoms with Crippen LogP contribution in [0.2, 0.25) is 0 Å². The highest BCUT2D eigenvalue weighted by Gasteiger charge is 1.91. The Labute approximate surface area is 194 Å². The van der Waals surface area contributed by atoms with Gasteiger partial charge >= 0.3 is 0 Å². The van der Waals surface area contributed by atoms with E-state index in [1.54, 1.807) is 14.2 Å². The maximum absolute atomic E-state index is 10.3. The fraction of sp³-hybridized carbons (Fsp3) is 0.810. The van der Waals surface area contributed by atoms with Crippen LogP contribution in [0.4, 0.5) is 0 Å². The number of nitrogens with zero attached hydrogens (tertiary/aromatic N) is 1. The Bertz CT molecular complexity index is 462. The number of nitrogens with one attached hydrogen (secondary N) is 4. The van der Waals surface area contributed by atoms with Gasteiger partial charge in [-0.2, -0.15) is 0 Å². The van der Waals surface area contributed by atoms with Crippen LogP contribution in [-0.4, -0.2) is 103 Å². The Kier molecular flexibility index (Phi) is 35.9. The Balaban J connectivity index is -0.000000170. The van der Waals surface area contributed by atoms with Gasteiger partial charge in [0, 0.05) is 68.0 Å². The molecule has 0 bridgehead atoms. The van der Waals surface area contributed by atoms with Gasteiger partial charge in [-0.1, -0.05) is 6.92 Å². The molecule has 4 amide bonds. The standard InChI is InChI=1S/C7H15NO3.C6H14N2O.C5H11NO.C3H7NO/c1-7(9)8-3-4-11-6-5-10-2;1-6(9)7-4-5-8(2)3;1-3-4-6-5(2)7;1-3(5)4-2/h3-6H2,1-2H3,(H,8,9);4-5H2,1-3H3,(H,7,9);3-4H2,1-2H3,(H,6,7);1-2H3,(H,4,5). The van der Waals surface area contributed by atoms with Gasteiger partial charge in [-0.3, -0.25) is 19.2 Å². The van der Waals surface area contributed by atoms with Crippen LogP contribution in [0, 0.1) is 0 Å². The third kappa shape index (κ3) is 63.0. The zero-order valence-corrected chi connectivity index (χ0v) is 21.6. The molecular weight excluding hydrogens is 418 g/mol. The third-order valence-electron chi connectivity index (χ3n) is 2.96. The van der Waals surface area contributed by atoms with Crippen LogP contribution in [0.15, 0.2) is 0 Å². The van der Waals surface area contributed by atoms with Crippen molar-refractivity contribution >= 4 is 23.6 Å². The Morgan fingerprint density at radius 3 is 1.47 bits per heavy atom. The van der Waals surface area contributed by atoms with Crippen LogP contribution < -0.4 is 21.3 Å². The van der Waals surface area contributed by atoms with E-state index in [1.165, 1.54) is 27.7 Å². The number of likely N-dealkylation sites (N-methyl/N-ethyl adjacent to an activating group) is 1. The second kappa shape index (κ2) is 30.9. The number of carbonyl (C=O) groups excluding carboxylic acids is 4. The van der Waals surface area contributed by atoms with Crippen molar-refractivity contribution in [3.8, 4) is 0 Å². The summed E-state index contributed by atoms with van der Waals surface area (Å²) in [4.78, 5) is 42.5. The molecule has 0 aliphatic heterocycles. The summed E-state index contributed by atoms with van der Waals surface area (Å²) in [5.74, 6) is 0.0732. The van der Waals surface area contributed by atoms with Crippen LogP contribution in [0.5, 0.6) is 0 Å². The number of carbonyl (C=O) groups is 4. The first-order valence-corrected chi connectivity index (χ1v) is 10.6. The van der Waals surface area contributed by atoms with Crippen molar-refractivity contribution in [1.29, 1.82) is 0 Å². The average Bonchev–Trinajstić information content (AvgIpc) is 2.69. The molecular formula is C21H47N5O6. The summed E-state index contributed by atoms with van der Waals surface area (Å²) in [6.45, 7) is 12.8. The topological polar surface area (TPSA) is 138 Å². The van der Waals surface area contributed by atoms with E-state index in [-0.39, 0.29) is 23.6 Å². The number of amides is 4. The molecule has 0 aliphatic rings. The van der Waals surface area contributed by atoms with Crippen LogP contribution in [0.1, 0.15) is 41.0 Å². The molecule has 0 atom stereocenters. The van der Waals surface area contributed by atoms with Gasteiger partial charge in [0.05, 0.1) is 19.8 Å². The first-order valence-electron chi connectivity index (χ1n) is 10.6. The van der Waals surface area contributed by atoms with E-state index < -0.39 is 0 Å². The zero-order valence-electron chi connectivity index (χ0n) is 21.6. The Hall–Kier alpha value is -2.24. The van der Waals surface area contributed by atoms with E-state index in [0.29, 0.717) is 26.4 Å². The third-order valence-corrected chi connectivity index (χ3v) is 2.96. The highest BCUT2D eigenvalue weighted by Crippen LogP contribution is 1.74. The van der Waals surface area contributed by atoms with Crippen molar-refractivity contribution in [3.05, 3.63) is 0 Å². The average molecular weight is 466 g/mol. The van der Waals surface area contributed by atoms with Gasteiger partial charge in [-0.05, 0) is 20.5 Å².